The Morgan fingerprint density at radius 3 is 2.92 bits per heavy atom. The molecule has 10 heteroatoms. The molecule has 0 spiro atoms. The molecule has 2 heterocycles. The van der Waals surface area contributed by atoms with Gasteiger partial charge >= 0.3 is 12.5 Å². The Hall–Kier alpha value is -1.94. The molecule has 1 N–H and O–H groups in total. The van der Waals surface area contributed by atoms with Crippen molar-refractivity contribution in [2.75, 3.05) is 6.61 Å². The van der Waals surface area contributed by atoms with Crippen LogP contribution in [0.15, 0.2) is 24.3 Å². The van der Waals surface area contributed by atoms with Crippen LogP contribution in [-0.4, -0.2) is 40.0 Å². The maximum absolute atomic E-state index is 13.1. The molecule has 3 rings (SSSR count). The largest absolute Gasteiger partial charge is 0.461 e. The summed E-state index contributed by atoms with van der Waals surface area (Å²) in [6.45, 7) is 1.14. The quantitative estimate of drug-likeness (QED) is 0.610. The van der Waals surface area contributed by atoms with Crippen molar-refractivity contribution < 1.29 is 27.0 Å². The molecule has 1 aliphatic rings. The van der Waals surface area contributed by atoms with Crippen molar-refractivity contribution >= 4 is 12.2 Å². The molecule has 5 nitrogen and oxygen atoms in total. The Kier molecular flexibility index (Phi) is 5.09. The smallest absolute Gasteiger partial charge is 0.428 e. The molecule has 0 radical (unpaired) electrons. The highest BCUT2D eigenvalue weighted by Gasteiger charge is 2.44. The van der Waals surface area contributed by atoms with Gasteiger partial charge in [0.1, 0.15) is 5.75 Å². The van der Waals surface area contributed by atoms with Gasteiger partial charge in [0, 0.05) is 12.2 Å². The number of rotatable bonds is 6. The second kappa shape index (κ2) is 7.12. The predicted octanol–water partition coefficient (Wildman–Crippen LogP) is 4.02. The van der Waals surface area contributed by atoms with Crippen LogP contribution in [0.5, 0.6) is 5.75 Å². The van der Waals surface area contributed by atoms with Gasteiger partial charge in [-0.25, -0.2) is 0 Å². The Bertz CT molecular complexity index is 787. The van der Waals surface area contributed by atoms with Crippen molar-refractivity contribution in [2.45, 2.75) is 38.0 Å². The first-order chi connectivity index (χ1) is 11.9. The molecule has 0 unspecified atom stereocenters. The molecule has 1 fully saturated rings. The molecule has 0 bridgehead atoms. The standard InChI is InChI=1S/C15H15F4N3O2S/c16-13(17)15(18,19)24-10-4-1-3-9(7-10)12-20-21-14(25)22(12)8-11-5-2-6-23-11/h1,3-4,7,11,13H,2,5-6,8H2,(H,21,25)/t11-/m1/s1. The van der Waals surface area contributed by atoms with Crippen molar-refractivity contribution in [3.63, 3.8) is 0 Å². The summed E-state index contributed by atoms with van der Waals surface area (Å²) in [5.41, 5.74) is 0.410. The van der Waals surface area contributed by atoms with E-state index in [0.29, 0.717) is 29.3 Å². The zero-order valence-electron chi connectivity index (χ0n) is 12.9. The van der Waals surface area contributed by atoms with Gasteiger partial charge in [0.2, 0.25) is 0 Å². The molecule has 1 saturated heterocycles. The first-order valence-corrected chi connectivity index (χ1v) is 8.00. The highest BCUT2D eigenvalue weighted by Crippen LogP contribution is 2.30. The molecule has 25 heavy (non-hydrogen) atoms. The van der Waals surface area contributed by atoms with Gasteiger partial charge in [0.25, 0.3) is 0 Å². The van der Waals surface area contributed by atoms with Crippen molar-refractivity contribution in [3.8, 4) is 17.1 Å². The van der Waals surface area contributed by atoms with Crippen LogP contribution in [0.4, 0.5) is 17.6 Å². The maximum atomic E-state index is 13.1. The number of hydrogen-bond acceptors (Lipinski definition) is 4. The summed E-state index contributed by atoms with van der Waals surface area (Å²) in [5.74, 6) is 0.00620. The van der Waals surface area contributed by atoms with Crippen LogP contribution < -0.4 is 4.74 Å². The monoisotopic (exact) mass is 377 g/mol. The maximum Gasteiger partial charge on any atom is 0.461 e. The number of aromatic amines is 1. The van der Waals surface area contributed by atoms with Crippen LogP contribution in [0, 0.1) is 4.77 Å². The second-order valence-corrected chi connectivity index (χ2v) is 5.98. The summed E-state index contributed by atoms with van der Waals surface area (Å²) in [5, 5.41) is 6.75. The van der Waals surface area contributed by atoms with E-state index in [4.69, 9.17) is 17.0 Å². The lowest BCUT2D eigenvalue weighted by molar-refractivity contribution is -0.253. The molecule has 1 aromatic heterocycles. The Morgan fingerprint density at radius 1 is 1.44 bits per heavy atom. The van der Waals surface area contributed by atoms with Gasteiger partial charge in [-0.1, -0.05) is 12.1 Å². The lowest BCUT2D eigenvalue weighted by Crippen LogP contribution is -2.33. The number of benzene rings is 1. The predicted molar refractivity (Wildman–Crippen MR) is 83.4 cm³/mol. The minimum atomic E-state index is -4.57. The minimum absolute atomic E-state index is 0.00866. The zero-order chi connectivity index (χ0) is 18.0. The lowest BCUT2D eigenvalue weighted by atomic mass is 10.2. The van der Waals surface area contributed by atoms with E-state index in [0.717, 1.165) is 12.8 Å². The van der Waals surface area contributed by atoms with Crippen LogP contribution in [0.1, 0.15) is 12.8 Å². The highest BCUT2D eigenvalue weighted by molar-refractivity contribution is 7.71. The third-order valence-corrected chi connectivity index (χ3v) is 4.08. The third kappa shape index (κ3) is 4.01. The lowest BCUT2D eigenvalue weighted by Gasteiger charge is -2.17. The number of hydrogen-bond donors (Lipinski definition) is 1. The van der Waals surface area contributed by atoms with E-state index in [1.165, 1.54) is 18.2 Å². The van der Waals surface area contributed by atoms with Gasteiger partial charge < -0.3 is 9.47 Å². The van der Waals surface area contributed by atoms with E-state index in [-0.39, 0.29) is 11.9 Å². The Labute approximate surface area is 145 Å². The van der Waals surface area contributed by atoms with Gasteiger partial charge in [0.15, 0.2) is 10.6 Å². The Balaban J connectivity index is 1.87. The fourth-order valence-corrected chi connectivity index (χ4v) is 2.81. The van der Waals surface area contributed by atoms with E-state index < -0.39 is 12.5 Å². The van der Waals surface area contributed by atoms with Crippen LogP contribution in [0.2, 0.25) is 0 Å². The molecule has 2 aromatic rings. The van der Waals surface area contributed by atoms with Crippen molar-refractivity contribution in [1.82, 2.24) is 14.8 Å². The van der Waals surface area contributed by atoms with Gasteiger partial charge in [-0.2, -0.15) is 22.7 Å². The number of halogens is 4. The van der Waals surface area contributed by atoms with Crippen LogP contribution >= 0.6 is 12.2 Å². The van der Waals surface area contributed by atoms with E-state index >= 15 is 0 Å². The summed E-state index contributed by atoms with van der Waals surface area (Å²) in [7, 11) is 0. The van der Waals surface area contributed by atoms with E-state index in [9.17, 15) is 17.6 Å². The van der Waals surface area contributed by atoms with Crippen LogP contribution in [0.3, 0.4) is 0 Å². The molecule has 1 atom stereocenters. The topological polar surface area (TPSA) is 52.1 Å². The summed E-state index contributed by atoms with van der Waals surface area (Å²) in [6, 6.07) is 5.41. The van der Waals surface area contributed by atoms with E-state index in [2.05, 4.69) is 14.9 Å². The average molecular weight is 377 g/mol. The molecular formula is C15H15F4N3O2S. The minimum Gasteiger partial charge on any atom is -0.428 e. The Morgan fingerprint density at radius 2 is 2.24 bits per heavy atom. The van der Waals surface area contributed by atoms with Crippen molar-refractivity contribution in [3.05, 3.63) is 29.0 Å². The van der Waals surface area contributed by atoms with Gasteiger partial charge in [-0.15, -0.1) is 0 Å². The number of nitrogens with one attached hydrogen (secondary N) is 1. The van der Waals surface area contributed by atoms with Gasteiger partial charge in [-0.3, -0.25) is 9.67 Å². The summed E-state index contributed by atoms with van der Waals surface area (Å²) < 4.78 is 62.5. The molecule has 0 amide bonds. The van der Waals surface area contributed by atoms with E-state index in [1.807, 2.05) is 0 Å². The van der Waals surface area contributed by atoms with Crippen LogP contribution in [-0.2, 0) is 11.3 Å². The first kappa shape index (κ1) is 17.9. The average Bonchev–Trinajstić information content (AvgIpc) is 3.18. The fraction of sp³-hybridized carbons (Fsp3) is 0.467. The molecule has 136 valence electrons. The SMILES string of the molecule is FC(F)C(F)(F)Oc1cccc(-c2n[nH]c(=S)n2C[C@H]2CCCO2)c1. The summed E-state index contributed by atoms with van der Waals surface area (Å²) >= 11 is 5.20. The number of nitrogens with zero attached hydrogens (tertiary/aromatic N) is 2. The fourth-order valence-electron chi connectivity index (χ4n) is 2.60. The summed E-state index contributed by atoms with van der Waals surface area (Å²) in [6.07, 6.45) is -6.66. The number of H-pyrrole nitrogens is 1. The highest BCUT2D eigenvalue weighted by atomic mass is 32.1. The van der Waals surface area contributed by atoms with Gasteiger partial charge in [0.05, 0.1) is 12.6 Å². The second-order valence-electron chi connectivity index (χ2n) is 5.59. The first-order valence-electron chi connectivity index (χ1n) is 7.59. The van der Waals surface area contributed by atoms with E-state index in [1.54, 1.807) is 10.6 Å². The van der Waals surface area contributed by atoms with Crippen molar-refractivity contribution in [2.24, 2.45) is 0 Å². The van der Waals surface area contributed by atoms with Crippen LogP contribution in [0.25, 0.3) is 11.4 Å². The molecule has 0 aliphatic carbocycles. The van der Waals surface area contributed by atoms with Crippen molar-refractivity contribution in [1.29, 1.82) is 0 Å². The molecule has 1 aliphatic heterocycles. The summed E-state index contributed by atoms with van der Waals surface area (Å²) in [4.78, 5) is 0. The number of alkyl halides is 4. The molecular weight excluding hydrogens is 362 g/mol. The van der Waals surface area contributed by atoms with Gasteiger partial charge in [-0.05, 0) is 37.2 Å². The normalized spacial score (nSPS) is 18.0. The third-order valence-electron chi connectivity index (χ3n) is 3.77. The zero-order valence-corrected chi connectivity index (χ0v) is 13.7. The molecule has 1 aromatic carbocycles. The number of aromatic nitrogens is 3. The number of ether oxygens (including phenoxy) is 2. The molecule has 0 saturated carbocycles.